The quantitative estimate of drug-likeness (QED) is 0.817. The van der Waals surface area contributed by atoms with Gasteiger partial charge in [-0.25, -0.2) is 4.79 Å². The van der Waals surface area contributed by atoms with Crippen LogP contribution in [-0.4, -0.2) is 27.9 Å². The molecule has 0 bridgehead atoms. The molecule has 0 aliphatic carbocycles. The molecular weight excluding hydrogens is 234 g/mol. The molecule has 0 spiro atoms. The average molecular weight is 249 g/mol. The number of ether oxygens (including phenoxy) is 1. The minimum Gasteiger partial charge on any atom is -0.497 e. The van der Waals surface area contributed by atoms with E-state index in [2.05, 4.69) is 0 Å². The molecule has 18 heavy (non-hydrogen) atoms. The van der Waals surface area contributed by atoms with Gasteiger partial charge in [0.05, 0.1) is 19.0 Å². The Morgan fingerprint density at radius 2 is 2.22 bits per heavy atom. The molecule has 0 aliphatic heterocycles. The highest BCUT2D eigenvalue weighted by Crippen LogP contribution is 2.17. The predicted molar refractivity (Wildman–Crippen MR) is 67.3 cm³/mol. The molecule has 0 saturated carbocycles. The van der Waals surface area contributed by atoms with Crippen molar-refractivity contribution in [2.45, 2.75) is 6.54 Å². The van der Waals surface area contributed by atoms with E-state index in [1.54, 1.807) is 31.4 Å². The van der Waals surface area contributed by atoms with Crippen LogP contribution in [0.4, 0.5) is 0 Å². The van der Waals surface area contributed by atoms with E-state index in [4.69, 9.17) is 10.5 Å². The highest BCUT2D eigenvalue weighted by Gasteiger charge is 2.11. The first kappa shape index (κ1) is 12.3. The van der Waals surface area contributed by atoms with Crippen LogP contribution in [0.1, 0.15) is 0 Å². The van der Waals surface area contributed by atoms with Gasteiger partial charge >= 0.3 is 5.69 Å². The van der Waals surface area contributed by atoms with Crippen LogP contribution < -0.4 is 16.2 Å². The summed E-state index contributed by atoms with van der Waals surface area (Å²) in [5.74, 6) is 0.540. The summed E-state index contributed by atoms with van der Waals surface area (Å²) < 4.78 is 7.67. The van der Waals surface area contributed by atoms with Gasteiger partial charge in [0.1, 0.15) is 5.75 Å². The zero-order valence-electron chi connectivity index (χ0n) is 10.0. The van der Waals surface area contributed by atoms with Crippen LogP contribution >= 0.6 is 0 Å². The highest BCUT2D eigenvalue weighted by atomic mass is 16.5. The Morgan fingerprint density at radius 3 is 2.89 bits per heavy atom. The first-order chi connectivity index (χ1) is 8.67. The second-order valence-corrected chi connectivity index (χ2v) is 3.78. The molecule has 0 radical (unpaired) electrons. The number of nitrogens with two attached hydrogens (primary N) is 1. The van der Waals surface area contributed by atoms with Gasteiger partial charge in [-0.3, -0.25) is 9.13 Å². The van der Waals surface area contributed by atoms with Crippen molar-refractivity contribution in [3.8, 4) is 17.3 Å². The number of imidazole rings is 1. The Morgan fingerprint density at radius 1 is 1.44 bits per heavy atom. The predicted octanol–water partition coefficient (Wildman–Crippen LogP) is 0.312. The fourth-order valence-electron chi connectivity index (χ4n) is 1.75. The van der Waals surface area contributed by atoms with Gasteiger partial charge in [-0.05, 0) is 12.1 Å². The lowest BCUT2D eigenvalue weighted by molar-refractivity contribution is 0.414. The third-order valence-corrected chi connectivity index (χ3v) is 2.64. The number of benzene rings is 1. The first-order valence-electron chi connectivity index (χ1n) is 5.53. The van der Waals surface area contributed by atoms with Crippen LogP contribution in [0.15, 0.2) is 35.3 Å². The number of aromatic nitrogens is 2. The van der Waals surface area contributed by atoms with E-state index in [9.17, 15) is 9.90 Å². The second-order valence-electron chi connectivity index (χ2n) is 3.78. The second kappa shape index (κ2) is 4.97. The van der Waals surface area contributed by atoms with Crippen molar-refractivity contribution >= 4 is 0 Å². The number of aromatic hydroxyl groups is 1. The number of nitrogens with zero attached hydrogens (tertiary/aromatic N) is 2. The minimum absolute atomic E-state index is 0.103. The monoisotopic (exact) mass is 249 g/mol. The van der Waals surface area contributed by atoms with E-state index in [0.29, 0.717) is 11.4 Å². The van der Waals surface area contributed by atoms with E-state index in [1.165, 1.54) is 15.3 Å². The van der Waals surface area contributed by atoms with Crippen LogP contribution in [0.25, 0.3) is 5.69 Å². The van der Waals surface area contributed by atoms with Crippen molar-refractivity contribution < 1.29 is 9.84 Å². The molecule has 3 N–H and O–H groups in total. The molecule has 6 heteroatoms. The molecule has 0 amide bonds. The summed E-state index contributed by atoms with van der Waals surface area (Å²) in [5.41, 5.74) is 5.69. The normalized spacial score (nSPS) is 10.6. The molecule has 0 aliphatic rings. The maximum Gasteiger partial charge on any atom is 0.335 e. The van der Waals surface area contributed by atoms with Gasteiger partial charge in [-0.2, -0.15) is 0 Å². The largest absolute Gasteiger partial charge is 0.497 e. The van der Waals surface area contributed by atoms with Crippen molar-refractivity contribution in [3.63, 3.8) is 0 Å². The van der Waals surface area contributed by atoms with Gasteiger partial charge in [0.15, 0.2) is 0 Å². The first-order valence-corrected chi connectivity index (χ1v) is 5.53. The minimum atomic E-state index is -0.328. The van der Waals surface area contributed by atoms with Crippen LogP contribution in [0.3, 0.4) is 0 Å². The molecule has 2 rings (SSSR count). The van der Waals surface area contributed by atoms with E-state index in [1.807, 2.05) is 0 Å². The van der Waals surface area contributed by atoms with Gasteiger partial charge in [0.2, 0.25) is 5.88 Å². The van der Waals surface area contributed by atoms with Crippen LogP contribution in [-0.2, 0) is 6.54 Å². The highest BCUT2D eigenvalue weighted by molar-refractivity contribution is 5.40. The summed E-state index contributed by atoms with van der Waals surface area (Å²) in [6.45, 7) is 0.567. The van der Waals surface area contributed by atoms with Crippen LogP contribution in [0.2, 0.25) is 0 Å². The SMILES string of the molecule is COc1cccc(-n2cc(O)n(CCN)c2=O)c1. The maximum atomic E-state index is 12.0. The number of hydrogen-bond acceptors (Lipinski definition) is 4. The van der Waals surface area contributed by atoms with Crippen molar-refractivity contribution in [3.05, 3.63) is 40.9 Å². The molecule has 0 atom stereocenters. The topological polar surface area (TPSA) is 82.4 Å². The van der Waals surface area contributed by atoms with E-state index >= 15 is 0 Å². The third-order valence-electron chi connectivity index (χ3n) is 2.64. The van der Waals surface area contributed by atoms with Gasteiger partial charge < -0.3 is 15.6 Å². The lowest BCUT2D eigenvalue weighted by Gasteiger charge is -2.04. The maximum absolute atomic E-state index is 12.0. The lowest BCUT2D eigenvalue weighted by atomic mass is 10.3. The Bertz CT molecular complexity index is 601. The fourth-order valence-corrected chi connectivity index (χ4v) is 1.75. The number of hydrogen-bond donors (Lipinski definition) is 2. The van der Waals surface area contributed by atoms with E-state index in [0.717, 1.165) is 0 Å². The number of rotatable bonds is 4. The van der Waals surface area contributed by atoms with Gasteiger partial charge in [-0.1, -0.05) is 6.07 Å². The molecule has 1 aromatic heterocycles. The van der Waals surface area contributed by atoms with Crippen LogP contribution in [0.5, 0.6) is 11.6 Å². The van der Waals surface area contributed by atoms with Crippen molar-refractivity contribution in [2.75, 3.05) is 13.7 Å². The summed E-state index contributed by atoms with van der Waals surface area (Å²) in [7, 11) is 1.55. The Kier molecular flexibility index (Phi) is 3.38. The molecule has 0 saturated heterocycles. The van der Waals surface area contributed by atoms with Gasteiger partial charge in [0.25, 0.3) is 0 Å². The van der Waals surface area contributed by atoms with Crippen molar-refractivity contribution in [1.82, 2.24) is 9.13 Å². The summed E-state index contributed by atoms with van der Waals surface area (Å²) in [6.07, 6.45) is 1.37. The third kappa shape index (κ3) is 2.10. The average Bonchev–Trinajstić information content (AvgIpc) is 2.67. The molecule has 6 nitrogen and oxygen atoms in total. The molecule has 0 fully saturated rings. The van der Waals surface area contributed by atoms with Crippen LogP contribution in [0, 0.1) is 0 Å². The van der Waals surface area contributed by atoms with Crippen molar-refractivity contribution in [1.29, 1.82) is 0 Å². The van der Waals surface area contributed by atoms with Crippen molar-refractivity contribution in [2.24, 2.45) is 5.73 Å². The zero-order chi connectivity index (χ0) is 13.1. The zero-order valence-corrected chi connectivity index (χ0v) is 10.0. The van der Waals surface area contributed by atoms with E-state index < -0.39 is 0 Å². The van der Waals surface area contributed by atoms with E-state index in [-0.39, 0.29) is 24.7 Å². The summed E-state index contributed by atoms with van der Waals surface area (Å²) in [5, 5.41) is 9.69. The standard InChI is InChI=1S/C12H15N3O3/c1-18-10-4-2-3-9(7-10)15-8-11(16)14(6-5-13)12(15)17/h2-4,7-8,16H,5-6,13H2,1H3. The summed E-state index contributed by atoms with van der Waals surface area (Å²) in [6, 6.07) is 7.03. The molecule has 96 valence electrons. The van der Waals surface area contributed by atoms with Gasteiger partial charge in [-0.15, -0.1) is 0 Å². The Hall–Kier alpha value is -2.21. The molecular formula is C12H15N3O3. The molecule has 1 aromatic carbocycles. The lowest BCUT2D eigenvalue weighted by Crippen LogP contribution is -2.25. The Labute approximate surface area is 104 Å². The smallest absolute Gasteiger partial charge is 0.335 e. The number of methoxy groups -OCH3 is 1. The summed E-state index contributed by atoms with van der Waals surface area (Å²) >= 11 is 0. The Balaban J connectivity index is 2.51. The molecule has 2 aromatic rings. The summed E-state index contributed by atoms with van der Waals surface area (Å²) in [4.78, 5) is 12.0. The fraction of sp³-hybridized carbons (Fsp3) is 0.250. The van der Waals surface area contributed by atoms with Gasteiger partial charge in [0, 0.05) is 19.2 Å². The molecule has 1 heterocycles. The molecule has 0 unspecified atom stereocenters.